The van der Waals surface area contributed by atoms with E-state index in [9.17, 15) is 13.2 Å². The maximum absolute atomic E-state index is 12.9. The van der Waals surface area contributed by atoms with Crippen LogP contribution in [-0.4, -0.2) is 44.4 Å². The van der Waals surface area contributed by atoms with Crippen LogP contribution in [0.1, 0.15) is 36.5 Å². The Morgan fingerprint density at radius 1 is 1.42 bits per heavy atom. The van der Waals surface area contributed by atoms with Gasteiger partial charge in [-0.1, -0.05) is 18.0 Å². The second-order valence-corrected chi connectivity index (χ2v) is 7.97. The average Bonchev–Trinajstić information content (AvgIpc) is 2.53. The first kappa shape index (κ1) is 21.2. The van der Waals surface area contributed by atoms with E-state index in [1.165, 1.54) is 29.6 Å². The summed E-state index contributed by atoms with van der Waals surface area (Å²) in [5.74, 6) is -0.606. The number of halogens is 2. The van der Waals surface area contributed by atoms with Gasteiger partial charge in [0.2, 0.25) is 10.0 Å². The predicted molar refractivity (Wildman–Crippen MR) is 95.2 cm³/mol. The van der Waals surface area contributed by atoms with Crippen LogP contribution in [0.2, 0.25) is 5.02 Å². The van der Waals surface area contributed by atoms with E-state index in [4.69, 9.17) is 17.3 Å². The van der Waals surface area contributed by atoms with Gasteiger partial charge >= 0.3 is 5.97 Å². The molecule has 0 spiro atoms. The molecule has 0 aromatic heterocycles. The van der Waals surface area contributed by atoms with Crippen LogP contribution in [0.5, 0.6) is 0 Å². The first-order chi connectivity index (χ1) is 10.8. The molecule has 1 fully saturated rings. The van der Waals surface area contributed by atoms with Crippen molar-refractivity contribution in [3.63, 3.8) is 0 Å². The molecule has 6 nitrogen and oxygen atoms in total. The van der Waals surface area contributed by atoms with Crippen molar-refractivity contribution in [1.29, 1.82) is 0 Å². The van der Waals surface area contributed by atoms with Crippen LogP contribution in [0.3, 0.4) is 0 Å². The smallest absolute Gasteiger partial charge is 0.339 e. The standard InChI is InChI=1S/C15H21ClN2O4S.ClH/c1-10(17)14-5-3-4-8-18(14)23(20,21)11-6-7-12(13(16)9-11)15(19)22-2;/h6-7,9-10,14H,3-5,8,17H2,1-2H3;1H. The number of benzene rings is 1. The first-order valence-electron chi connectivity index (χ1n) is 7.44. The Hall–Kier alpha value is -0.860. The van der Waals surface area contributed by atoms with Crippen LogP contribution in [0.15, 0.2) is 23.1 Å². The van der Waals surface area contributed by atoms with Crippen LogP contribution >= 0.6 is 24.0 Å². The van der Waals surface area contributed by atoms with Crippen molar-refractivity contribution in [1.82, 2.24) is 4.31 Å². The van der Waals surface area contributed by atoms with Gasteiger partial charge in [-0.2, -0.15) is 4.31 Å². The molecule has 0 bridgehead atoms. The summed E-state index contributed by atoms with van der Waals surface area (Å²) >= 11 is 6.04. The quantitative estimate of drug-likeness (QED) is 0.789. The monoisotopic (exact) mass is 396 g/mol. The van der Waals surface area contributed by atoms with E-state index in [1.54, 1.807) is 0 Å². The Morgan fingerprint density at radius 2 is 2.08 bits per heavy atom. The lowest BCUT2D eigenvalue weighted by Crippen LogP contribution is -2.51. The highest BCUT2D eigenvalue weighted by Gasteiger charge is 2.35. The van der Waals surface area contributed by atoms with E-state index in [-0.39, 0.29) is 40.0 Å². The van der Waals surface area contributed by atoms with E-state index in [2.05, 4.69) is 4.74 Å². The Balaban J connectivity index is 0.00000288. The van der Waals surface area contributed by atoms with E-state index in [0.29, 0.717) is 6.54 Å². The number of nitrogens with two attached hydrogens (primary N) is 1. The van der Waals surface area contributed by atoms with Gasteiger partial charge in [0.05, 0.1) is 22.6 Å². The molecule has 0 saturated carbocycles. The molecule has 2 unspecified atom stereocenters. The lowest BCUT2D eigenvalue weighted by atomic mass is 10.00. The fraction of sp³-hybridized carbons (Fsp3) is 0.533. The molecule has 136 valence electrons. The van der Waals surface area contributed by atoms with Crippen molar-refractivity contribution < 1.29 is 17.9 Å². The van der Waals surface area contributed by atoms with E-state index >= 15 is 0 Å². The van der Waals surface area contributed by atoms with Gasteiger partial charge in [-0.05, 0) is 38.0 Å². The Morgan fingerprint density at radius 3 is 2.62 bits per heavy atom. The van der Waals surface area contributed by atoms with E-state index < -0.39 is 16.0 Å². The molecule has 24 heavy (non-hydrogen) atoms. The van der Waals surface area contributed by atoms with Gasteiger partial charge in [0.1, 0.15) is 0 Å². The number of sulfonamides is 1. The normalized spacial score (nSPS) is 20.1. The van der Waals surface area contributed by atoms with Crippen molar-refractivity contribution in [2.75, 3.05) is 13.7 Å². The van der Waals surface area contributed by atoms with Crippen LogP contribution in [-0.2, 0) is 14.8 Å². The summed E-state index contributed by atoms with van der Waals surface area (Å²) in [6.45, 7) is 2.25. The third-order valence-electron chi connectivity index (χ3n) is 4.06. The first-order valence-corrected chi connectivity index (χ1v) is 9.26. The number of esters is 1. The number of ether oxygens (including phenoxy) is 1. The number of hydrogen-bond acceptors (Lipinski definition) is 5. The van der Waals surface area contributed by atoms with Crippen molar-refractivity contribution in [2.24, 2.45) is 5.73 Å². The highest BCUT2D eigenvalue weighted by atomic mass is 35.5. The number of methoxy groups -OCH3 is 1. The van der Waals surface area contributed by atoms with Crippen molar-refractivity contribution in [3.8, 4) is 0 Å². The highest BCUT2D eigenvalue weighted by molar-refractivity contribution is 7.89. The predicted octanol–water partition coefficient (Wildman–Crippen LogP) is 2.44. The fourth-order valence-corrected chi connectivity index (χ4v) is 4.95. The number of hydrogen-bond donors (Lipinski definition) is 1. The van der Waals surface area contributed by atoms with Crippen LogP contribution in [0.4, 0.5) is 0 Å². The maximum atomic E-state index is 12.9. The Bertz CT molecular complexity index is 695. The zero-order chi connectivity index (χ0) is 17.2. The van der Waals surface area contributed by atoms with Gasteiger partial charge in [0.15, 0.2) is 0 Å². The Kier molecular flexibility index (Phi) is 7.49. The number of rotatable bonds is 4. The van der Waals surface area contributed by atoms with Crippen LogP contribution in [0, 0.1) is 0 Å². The molecule has 0 aliphatic carbocycles. The summed E-state index contributed by atoms with van der Waals surface area (Å²) in [4.78, 5) is 11.6. The number of carbonyl (C=O) groups excluding carboxylic acids is 1. The van der Waals surface area contributed by atoms with E-state index in [0.717, 1.165) is 19.3 Å². The number of nitrogens with zero attached hydrogens (tertiary/aromatic N) is 1. The molecule has 2 N–H and O–H groups in total. The summed E-state index contributed by atoms with van der Waals surface area (Å²) in [7, 11) is -2.47. The second-order valence-electron chi connectivity index (χ2n) is 5.67. The zero-order valence-electron chi connectivity index (χ0n) is 13.6. The third-order valence-corrected chi connectivity index (χ3v) is 6.29. The van der Waals surface area contributed by atoms with Gasteiger partial charge in [-0.15, -0.1) is 12.4 Å². The fourth-order valence-electron chi connectivity index (χ4n) is 2.82. The minimum Gasteiger partial charge on any atom is -0.465 e. The molecule has 1 aliphatic rings. The summed E-state index contributed by atoms with van der Waals surface area (Å²) in [5, 5.41) is 0.0484. The Labute approximate surface area is 153 Å². The molecule has 1 aromatic rings. The van der Waals surface area contributed by atoms with Crippen LogP contribution < -0.4 is 5.73 Å². The summed E-state index contributed by atoms with van der Waals surface area (Å²) in [5.41, 5.74) is 6.09. The molecular weight excluding hydrogens is 375 g/mol. The minimum absolute atomic E-state index is 0. The SMILES string of the molecule is COC(=O)c1ccc(S(=O)(=O)N2CCCCC2C(C)N)cc1Cl.Cl. The lowest BCUT2D eigenvalue weighted by molar-refractivity contribution is 0.0601. The van der Waals surface area contributed by atoms with Crippen molar-refractivity contribution in [3.05, 3.63) is 28.8 Å². The van der Waals surface area contributed by atoms with Gasteiger partial charge in [-0.25, -0.2) is 13.2 Å². The molecule has 2 rings (SSSR count). The van der Waals surface area contributed by atoms with Crippen molar-refractivity contribution in [2.45, 2.75) is 43.2 Å². The molecular formula is C15H22Cl2N2O4S. The molecule has 1 aromatic carbocycles. The van der Waals surface area contributed by atoms with Crippen LogP contribution in [0.25, 0.3) is 0 Å². The molecule has 0 amide bonds. The molecule has 0 radical (unpaired) electrons. The van der Waals surface area contributed by atoms with Gasteiger partial charge in [0.25, 0.3) is 0 Å². The van der Waals surface area contributed by atoms with Gasteiger partial charge < -0.3 is 10.5 Å². The highest BCUT2D eigenvalue weighted by Crippen LogP contribution is 2.29. The topological polar surface area (TPSA) is 89.7 Å². The van der Waals surface area contributed by atoms with E-state index in [1.807, 2.05) is 6.92 Å². The molecule has 9 heteroatoms. The zero-order valence-corrected chi connectivity index (χ0v) is 16.0. The molecule has 1 aliphatic heterocycles. The number of piperidine rings is 1. The maximum Gasteiger partial charge on any atom is 0.339 e. The van der Waals surface area contributed by atoms with Gasteiger partial charge in [0, 0.05) is 18.6 Å². The second kappa shape index (κ2) is 8.49. The molecule has 1 heterocycles. The minimum atomic E-state index is -3.71. The average molecular weight is 397 g/mol. The summed E-state index contributed by atoms with van der Waals surface area (Å²) in [6, 6.07) is 3.55. The molecule has 2 atom stereocenters. The van der Waals surface area contributed by atoms with Gasteiger partial charge in [-0.3, -0.25) is 0 Å². The third kappa shape index (κ3) is 4.21. The van der Waals surface area contributed by atoms with Crippen molar-refractivity contribution >= 4 is 40.0 Å². The summed E-state index contributed by atoms with van der Waals surface area (Å²) in [6.07, 6.45) is 2.50. The summed E-state index contributed by atoms with van der Waals surface area (Å²) < 4.78 is 31.9. The molecule has 1 saturated heterocycles. The number of carbonyl (C=O) groups is 1. The lowest BCUT2D eigenvalue weighted by Gasteiger charge is -2.36. The largest absolute Gasteiger partial charge is 0.465 e.